The van der Waals surface area contributed by atoms with Crippen LogP contribution in [0.1, 0.15) is 37.7 Å². The first-order valence-corrected chi connectivity index (χ1v) is 6.87. The van der Waals surface area contributed by atoms with E-state index in [1.54, 1.807) is 0 Å². The van der Waals surface area contributed by atoms with Crippen LogP contribution in [0, 0.1) is 0 Å². The molecule has 0 aliphatic heterocycles. The molecule has 2 aromatic rings. The number of nitrogens with zero attached hydrogens (tertiary/aromatic N) is 2. The van der Waals surface area contributed by atoms with Crippen molar-refractivity contribution in [1.82, 2.24) is 9.55 Å². The molecule has 3 rings (SSSR count). The fourth-order valence-corrected chi connectivity index (χ4v) is 3.45. The number of para-hydroxylation sites is 1. The molecular weight excluding hydrogens is 222 g/mol. The molecule has 96 valence electrons. The van der Waals surface area contributed by atoms with Crippen molar-refractivity contribution in [3.63, 3.8) is 0 Å². The maximum absolute atomic E-state index is 6.15. The molecule has 2 N–H and O–H groups in total. The maximum atomic E-state index is 6.15. The highest BCUT2D eigenvalue weighted by atomic mass is 15.0. The van der Waals surface area contributed by atoms with Gasteiger partial charge in [0.15, 0.2) is 0 Å². The zero-order valence-electron chi connectivity index (χ0n) is 11.0. The average molecular weight is 243 g/mol. The monoisotopic (exact) mass is 243 g/mol. The normalized spacial score (nSPS) is 19.2. The molecule has 3 nitrogen and oxygen atoms in total. The summed E-state index contributed by atoms with van der Waals surface area (Å²) in [5.74, 6) is 0. The second kappa shape index (κ2) is 4.39. The van der Waals surface area contributed by atoms with Gasteiger partial charge >= 0.3 is 0 Å². The van der Waals surface area contributed by atoms with Gasteiger partial charge in [0.2, 0.25) is 0 Å². The lowest BCUT2D eigenvalue weighted by Crippen LogP contribution is -2.37. The van der Waals surface area contributed by atoms with Gasteiger partial charge in [-0.05, 0) is 24.5 Å². The summed E-state index contributed by atoms with van der Waals surface area (Å²) in [6.45, 7) is 0.747. The van der Waals surface area contributed by atoms with Crippen molar-refractivity contribution >= 4 is 11.0 Å². The first-order valence-electron chi connectivity index (χ1n) is 6.87. The zero-order chi connectivity index (χ0) is 12.6. The number of hydrogen-bond donors (Lipinski definition) is 1. The molecule has 0 unspecified atom stereocenters. The topological polar surface area (TPSA) is 43.8 Å². The number of benzene rings is 1. The second-order valence-corrected chi connectivity index (χ2v) is 5.57. The van der Waals surface area contributed by atoms with Crippen molar-refractivity contribution in [3.8, 4) is 0 Å². The Bertz CT molecular complexity index is 550. The van der Waals surface area contributed by atoms with Gasteiger partial charge in [0.05, 0.1) is 17.4 Å². The highest BCUT2D eigenvalue weighted by Gasteiger charge is 2.34. The lowest BCUT2D eigenvalue weighted by Gasteiger charge is -2.37. The lowest BCUT2D eigenvalue weighted by molar-refractivity contribution is 0.302. The second-order valence-electron chi connectivity index (χ2n) is 5.57. The molecule has 0 spiro atoms. The van der Waals surface area contributed by atoms with Crippen LogP contribution in [0.5, 0.6) is 0 Å². The molecule has 0 atom stereocenters. The lowest BCUT2D eigenvalue weighted by atomic mass is 9.69. The van der Waals surface area contributed by atoms with Crippen molar-refractivity contribution in [3.05, 3.63) is 30.1 Å². The molecule has 1 saturated carbocycles. The molecule has 0 radical (unpaired) electrons. The highest BCUT2D eigenvalue weighted by Crippen LogP contribution is 2.41. The molecule has 1 aliphatic rings. The number of imidazole rings is 1. The average Bonchev–Trinajstić information content (AvgIpc) is 2.81. The summed E-state index contributed by atoms with van der Waals surface area (Å²) in [7, 11) is 2.08. The first-order chi connectivity index (χ1) is 8.77. The SMILES string of the molecule is Cn1cnc2cccc(C3(CN)CCCCC3)c21. The number of aryl methyl sites for hydroxylation is 1. The van der Waals surface area contributed by atoms with Crippen LogP contribution in [-0.4, -0.2) is 16.1 Å². The Morgan fingerprint density at radius 1 is 1.28 bits per heavy atom. The van der Waals surface area contributed by atoms with Gasteiger partial charge in [0.1, 0.15) is 0 Å². The zero-order valence-corrected chi connectivity index (χ0v) is 11.0. The van der Waals surface area contributed by atoms with Crippen LogP contribution >= 0.6 is 0 Å². The van der Waals surface area contributed by atoms with E-state index in [1.807, 2.05) is 6.33 Å². The van der Waals surface area contributed by atoms with Gasteiger partial charge in [0, 0.05) is 19.0 Å². The van der Waals surface area contributed by atoms with E-state index < -0.39 is 0 Å². The van der Waals surface area contributed by atoms with Crippen LogP contribution in [0.4, 0.5) is 0 Å². The van der Waals surface area contributed by atoms with E-state index in [-0.39, 0.29) is 5.41 Å². The van der Waals surface area contributed by atoms with Gasteiger partial charge in [0.25, 0.3) is 0 Å². The standard InChI is InChI=1S/C15H21N3/c1-18-11-17-13-7-5-6-12(14(13)18)15(10-16)8-3-2-4-9-15/h5-7,11H,2-4,8-10,16H2,1H3. The molecule has 0 bridgehead atoms. The number of hydrogen-bond acceptors (Lipinski definition) is 2. The van der Waals surface area contributed by atoms with Gasteiger partial charge in [-0.15, -0.1) is 0 Å². The van der Waals surface area contributed by atoms with Gasteiger partial charge in [-0.2, -0.15) is 0 Å². The fraction of sp³-hybridized carbons (Fsp3) is 0.533. The van der Waals surface area contributed by atoms with E-state index >= 15 is 0 Å². The summed E-state index contributed by atoms with van der Waals surface area (Å²) >= 11 is 0. The molecule has 18 heavy (non-hydrogen) atoms. The van der Waals surface area contributed by atoms with Crippen molar-refractivity contribution < 1.29 is 0 Å². The Balaban J connectivity index is 2.20. The summed E-state index contributed by atoms with van der Waals surface area (Å²) < 4.78 is 2.14. The van der Waals surface area contributed by atoms with Gasteiger partial charge < -0.3 is 10.3 Å². The minimum atomic E-state index is 0.172. The molecule has 1 aromatic heterocycles. The molecule has 1 fully saturated rings. The summed E-state index contributed by atoms with van der Waals surface area (Å²) in [4.78, 5) is 4.46. The Morgan fingerprint density at radius 3 is 2.78 bits per heavy atom. The minimum absolute atomic E-state index is 0.172. The van der Waals surface area contributed by atoms with E-state index in [1.165, 1.54) is 43.2 Å². The molecule has 1 aromatic carbocycles. The molecule has 1 heterocycles. The maximum Gasteiger partial charge on any atom is 0.0955 e. The van der Waals surface area contributed by atoms with Crippen LogP contribution in [0.2, 0.25) is 0 Å². The largest absolute Gasteiger partial charge is 0.333 e. The van der Waals surface area contributed by atoms with E-state index in [9.17, 15) is 0 Å². The Kier molecular flexibility index (Phi) is 2.86. The van der Waals surface area contributed by atoms with Crippen molar-refractivity contribution in [2.24, 2.45) is 12.8 Å². The molecule has 1 aliphatic carbocycles. The van der Waals surface area contributed by atoms with E-state index in [2.05, 4.69) is 34.8 Å². The third-order valence-corrected chi connectivity index (χ3v) is 4.51. The van der Waals surface area contributed by atoms with Crippen LogP contribution in [-0.2, 0) is 12.5 Å². The smallest absolute Gasteiger partial charge is 0.0955 e. The predicted octanol–water partition coefficient (Wildman–Crippen LogP) is 2.73. The van der Waals surface area contributed by atoms with Crippen LogP contribution < -0.4 is 5.73 Å². The molecule has 3 heteroatoms. The summed E-state index contributed by atoms with van der Waals surface area (Å²) in [6.07, 6.45) is 8.28. The van der Waals surface area contributed by atoms with E-state index in [0.717, 1.165) is 12.1 Å². The van der Waals surface area contributed by atoms with Crippen LogP contribution in [0.25, 0.3) is 11.0 Å². The Hall–Kier alpha value is -1.35. The number of rotatable bonds is 2. The first kappa shape index (κ1) is 11.7. The molecule has 0 amide bonds. The highest BCUT2D eigenvalue weighted by molar-refractivity contribution is 5.80. The quantitative estimate of drug-likeness (QED) is 0.881. The van der Waals surface area contributed by atoms with Crippen molar-refractivity contribution in [2.75, 3.05) is 6.54 Å². The van der Waals surface area contributed by atoms with Crippen molar-refractivity contribution in [2.45, 2.75) is 37.5 Å². The third-order valence-electron chi connectivity index (χ3n) is 4.51. The summed E-state index contributed by atoms with van der Waals surface area (Å²) in [6, 6.07) is 6.46. The Morgan fingerprint density at radius 2 is 2.06 bits per heavy atom. The molecular formula is C15H21N3. The third kappa shape index (κ3) is 1.65. The number of aromatic nitrogens is 2. The molecule has 0 saturated heterocycles. The van der Waals surface area contributed by atoms with Gasteiger partial charge in [-0.25, -0.2) is 4.98 Å². The van der Waals surface area contributed by atoms with E-state index in [4.69, 9.17) is 5.73 Å². The van der Waals surface area contributed by atoms with Crippen LogP contribution in [0.15, 0.2) is 24.5 Å². The summed E-state index contributed by atoms with van der Waals surface area (Å²) in [5.41, 5.74) is 10.1. The van der Waals surface area contributed by atoms with Gasteiger partial charge in [-0.1, -0.05) is 31.4 Å². The van der Waals surface area contributed by atoms with Crippen LogP contribution in [0.3, 0.4) is 0 Å². The number of nitrogens with two attached hydrogens (primary N) is 1. The minimum Gasteiger partial charge on any atom is -0.333 e. The predicted molar refractivity (Wildman–Crippen MR) is 74.5 cm³/mol. The Labute approximate surface area is 108 Å². The van der Waals surface area contributed by atoms with E-state index in [0.29, 0.717) is 0 Å². The fourth-order valence-electron chi connectivity index (χ4n) is 3.45. The number of fused-ring (bicyclic) bond motifs is 1. The van der Waals surface area contributed by atoms with Gasteiger partial charge in [-0.3, -0.25) is 0 Å². The van der Waals surface area contributed by atoms with Crippen molar-refractivity contribution in [1.29, 1.82) is 0 Å². The summed E-state index contributed by atoms with van der Waals surface area (Å²) in [5, 5.41) is 0.